The van der Waals surface area contributed by atoms with E-state index in [1.807, 2.05) is 44.2 Å². The second-order valence-corrected chi connectivity index (χ2v) is 4.51. The van der Waals surface area contributed by atoms with Gasteiger partial charge in [-0.1, -0.05) is 6.92 Å². The van der Waals surface area contributed by atoms with E-state index >= 15 is 0 Å². The molecule has 4 heteroatoms. The number of hydrogen-bond acceptors (Lipinski definition) is 4. The number of aryl methyl sites for hydroxylation is 2. The summed E-state index contributed by atoms with van der Waals surface area (Å²) in [6.07, 6.45) is 0.809. The Kier molecular flexibility index (Phi) is 2.99. The zero-order valence-corrected chi connectivity index (χ0v) is 11.1. The van der Waals surface area contributed by atoms with Gasteiger partial charge in [0.05, 0.1) is 6.54 Å². The van der Waals surface area contributed by atoms with Crippen LogP contribution in [0.1, 0.15) is 24.3 Å². The molecule has 0 spiro atoms. The maximum Gasteiger partial charge on any atom is 0.195 e. The molecule has 0 amide bonds. The summed E-state index contributed by atoms with van der Waals surface area (Å²) in [7, 11) is 0. The molecule has 0 fully saturated rings. The smallest absolute Gasteiger partial charge is 0.195 e. The first kappa shape index (κ1) is 11.8. The summed E-state index contributed by atoms with van der Waals surface area (Å²) in [5.41, 5.74) is 2.73. The molecule has 98 valence electrons. The molecule has 3 aromatic rings. The molecule has 2 aromatic heterocycles. The summed E-state index contributed by atoms with van der Waals surface area (Å²) in [5, 5.41) is 3.32. The molecule has 0 aliphatic heterocycles. The number of nitrogens with one attached hydrogen (secondary N) is 1. The van der Waals surface area contributed by atoms with Crippen molar-refractivity contribution in [3.8, 4) is 0 Å². The van der Waals surface area contributed by atoms with Gasteiger partial charge in [-0.25, -0.2) is 4.98 Å². The first-order valence-electron chi connectivity index (χ1n) is 6.43. The zero-order valence-electron chi connectivity index (χ0n) is 11.1. The van der Waals surface area contributed by atoms with Crippen LogP contribution in [0.5, 0.6) is 0 Å². The van der Waals surface area contributed by atoms with Gasteiger partial charge in [-0.05, 0) is 37.3 Å². The monoisotopic (exact) mass is 256 g/mol. The van der Waals surface area contributed by atoms with Crippen molar-refractivity contribution in [2.24, 2.45) is 0 Å². The van der Waals surface area contributed by atoms with Crippen molar-refractivity contribution in [1.82, 2.24) is 4.98 Å². The molecule has 0 bridgehead atoms. The van der Waals surface area contributed by atoms with Crippen LogP contribution < -0.4 is 5.32 Å². The summed E-state index contributed by atoms with van der Waals surface area (Å²) in [6, 6.07) is 9.87. The third-order valence-corrected chi connectivity index (χ3v) is 3.00. The van der Waals surface area contributed by atoms with E-state index in [4.69, 9.17) is 8.83 Å². The van der Waals surface area contributed by atoms with Gasteiger partial charge >= 0.3 is 0 Å². The lowest BCUT2D eigenvalue weighted by Crippen LogP contribution is -1.97. The highest BCUT2D eigenvalue weighted by Gasteiger charge is 2.05. The number of benzene rings is 1. The van der Waals surface area contributed by atoms with Crippen molar-refractivity contribution in [2.45, 2.75) is 26.8 Å². The molecule has 4 nitrogen and oxygen atoms in total. The fraction of sp³-hybridized carbons (Fsp3) is 0.267. The van der Waals surface area contributed by atoms with E-state index in [0.29, 0.717) is 6.54 Å². The maximum absolute atomic E-state index is 5.58. The molecule has 0 saturated carbocycles. The number of anilines is 1. The highest BCUT2D eigenvalue weighted by atomic mass is 16.3. The summed E-state index contributed by atoms with van der Waals surface area (Å²) in [4.78, 5) is 4.42. The Morgan fingerprint density at radius 1 is 1.16 bits per heavy atom. The quantitative estimate of drug-likeness (QED) is 0.769. The minimum atomic E-state index is 0.665. The third kappa shape index (κ3) is 2.47. The van der Waals surface area contributed by atoms with Gasteiger partial charge in [-0.2, -0.15) is 0 Å². The summed E-state index contributed by atoms with van der Waals surface area (Å²) < 4.78 is 11.1. The minimum absolute atomic E-state index is 0.665. The van der Waals surface area contributed by atoms with Crippen LogP contribution in [0.15, 0.2) is 39.2 Å². The van der Waals surface area contributed by atoms with E-state index in [1.54, 1.807) is 0 Å². The summed E-state index contributed by atoms with van der Waals surface area (Å²) in [5.74, 6) is 2.62. The molecule has 19 heavy (non-hydrogen) atoms. The molecule has 0 radical (unpaired) electrons. The molecule has 0 saturated heterocycles. The standard InChI is InChI=1S/C15H16N2O2/c1-3-15-17-13-8-11(5-7-14(13)19-15)16-9-12-6-4-10(2)18-12/h4-8,16H,3,9H2,1-2H3. The summed E-state index contributed by atoms with van der Waals surface area (Å²) >= 11 is 0. The second-order valence-electron chi connectivity index (χ2n) is 4.51. The van der Waals surface area contributed by atoms with Gasteiger partial charge in [-0.3, -0.25) is 0 Å². The van der Waals surface area contributed by atoms with Crippen LogP contribution in [0.4, 0.5) is 5.69 Å². The lowest BCUT2D eigenvalue weighted by Gasteiger charge is -2.03. The van der Waals surface area contributed by atoms with Gasteiger partial charge in [0, 0.05) is 12.1 Å². The first-order chi connectivity index (χ1) is 9.24. The fourth-order valence-corrected chi connectivity index (χ4v) is 2.01. The normalized spacial score (nSPS) is 11.1. The van der Waals surface area contributed by atoms with E-state index in [0.717, 1.165) is 40.6 Å². The Bertz CT molecular complexity index is 697. The van der Waals surface area contributed by atoms with Crippen molar-refractivity contribution in [2.75, 3.05) is 5.32 Å². The Morgan fingerprint density at radius 3 is 2.79 bits per heavy atom. The Morgan fingerprint density at radius 2 is 2.05 bits per heavy atom. The van der Waals surface area contributed by atoms with Crippen LogP contribution in [0, 0.1) is 6.92 Å². The Hall–Kier alpha value is -2.23. The molecule has 0 unspecified atom stereocenters. The molecule has 0 aliphatic carbocycles. The number of rotatable bonds is 4. The lowest BCUT2D eigenvalue weighted by atomic mass is 10.3. The van der Waals surface area contributed by atoms with Gasteiger partial charge in [0.15, 0.2) is 11.5 Å². The number of fused-ring (bicyclic) bond motifs is 1. The molecule has 0 atom stereocenters. The topological polar surface area (TPSA) is 51.2 Å². The average molecular weight is 256 g/mol. The average Bonchev–Trinajstić information content (AvgIpc) is 3.01. The van der Waals surface area contributed by atoms with E-state index in [2.05, 4.69) is 10.3 Å². The highest BCUT2D eigenvalue weighted by molar-refractivity contribution is 5.77. The van der Waals surface area contributed by atoms with Crippen LogP contribution in [0.25, 0.3) is 11.1 Å². The largest absolute Gasteiger partial charge is 0.465 e. The minimum Gasteiger partial charge on any atom is -0.465 e. The van der Waals surface area contributed by atoms with E-state index < -0.39 is 0 Å². The zero-order chi connectivity index (χ0) is 13.2. The van der Waals surface area contributed by atoms with Crippen molar-refractivity contribution in [3.63, 3.8) is 0 Å². The van der Waals surface area contributed by atoms with Crippen molar-refractivity contribution < 1.29 is 8.83 Å². The molecule has 3 rings (SSSR count). The Labute approximate surface area is 111 Å². The SMILES string of the molecule is CCc1nc2cc(NCc3ccc(C)o3)ccc2o1. The molecule has 0 aliphatic rings. The van der Waals surface area contributed by atoms with Crippen LogP contribution >= 0.6 is 0 Å². The number of oxazole rings is 1. The van der Waals surface area contributed by atoms with Crippen LogP contribution in [0.2, 0.25) is 0 Å². The highest BCUT2D eigenvalue weighted by Crippen LogP contribution is 2.21. The van der Waals surface area contributed by atoms with Gasteiger partial charge < -0.3 is 14.2 Å². The van der Waals surface area contributed by atoms with Gasteiger partial charge in [0.25, 0.3) is 0 Å². The van der Waals surface area contributed by atoms with Gasteiger partial charge in [0.2, 0.25) is 0 Å². The maximum atomic E-state index is 5.58. The second kappa shape index (κ2) is 4.80. The van der Waals surface area contributed by atoms with E-state index in [9.17, 15) is 0 Å². The van der Waals surface area contributed by atoms with Crippen LogP contribution in [-0.4, -0.2) is 4.98 Å². The number of furan rings is 1. The number of hydrogen-bond donors (Lipinski definition) is 1. The van der Waals surface area contributed by atoms with Crippen molar-refractivity contribution >= 4 is 16.8 Å². The number of nitrogens with zero attached hydrogens (tertiary/aromatic N) is 1. The van der Waals surface area contributed by atoms with Crippen LogP contribution in [0.3, 0.4) is 0 Å². The Balaban J connectivity index is 1.77. The van der Waals surface area contributed by atoms with Gasteiger partial charge in [-0.15, -0.1) is 0 Å². The predicted octanol–water partition coefficient (Wildman–Crippen LogP) is 3.90. The molecular formula is C15H16N2O2. The summed E-state index contributed by atoms with van der Waals surface area (Å²) in [6.45, 7) is 4.64. The van der Waals surface area contributed by atoms with Gasteiger partial charge in [0.1, 0.15) is 17.0 Å². The van der Waals surface area contributed by atoms with Crippen molar-refractivity contribution in [1.29, 1.82) is 0 Å². The molecule has 1 aromatic carbocycles. The third-order valence-electron chi connectivity index (χ3n) is 3.00. The first-order valence-corrected chi connectivity index (χ1v) is 6.43. The molecule has 1 N–H and O–H groups in total. The number of aromatic nitrogens is 1. The molecule has 2 heterocycles. The molecular weight excluding hydrogens is 240 g/mol. The van der Waals surface area contributed by atoms with Crippen molar-refractivity contribution in [3.05, 3.63) is 47.7 Å². The predicted molar refractivity (Wildman–Crippen MR) is 74.2 cm³/mol. The van der Waals surface area contributed by atoms with E-state index in [1.165, 1.54) is 0 Å². The fourth-order valence-electron chi connectivity index (χ4n) is 2.01. The van der Waals surface area contributed by atoms with Crippen LogP contribution in [-0.2, 0) is 13.0 Å². The van der Waals surface area contributed by atoms with E-state index in [-0.39, 0.29) is 0 Å². The lowest BCUT2D eigenvalue weighted by molar-refractivity contribution is 0.490.